The van der Waals surface area contributed by atoms with Gasteiger partial charge in [-0.2, -0.15) is 0 Å². The van der Waals surface area contributed by atoms with Gasteiger partial charge in [-0.1, -0.05) is 157 Å². The lowest BCUT2D eigenvalue weighted by Crippen LogP contribution is -2.45. The Kier molecular flexibility index (Phi) is 8.27. The summed E-state index contributed by atoms with van der Waals surface area (Å²) in [6.45, 7) is 0. The maximum atomic E-state index is 6.59. The standard InChI is InChI=1S/C47H29B5N2/c48-46(49,47(50,51)52)45-53-40-20-10-12-22-42(40)54(45)41-21-11-9-17-35(41)31-23-25-33(26-24-31)43-36-18-7-8-19-37(36)44(32-15-5-2-6-16-32)39-29-34(27-28-38(39)43)30-13-3-1-4-14-30/h1-29H. The number of para-hydroxylation sites is 3. The Morgan fingerprint density at radius 1 is 0.407 bits per heavy atom. The van der Waals surface area contributed by atoms with Crippen molar-refractivity contribution in [2.45, 2.75) is 10.3 Å². The number of aromatic nitrogens is 2. The van der Waals surface area contributed by atoms with E-state index in [4.69, 9.17) is 44.2 Å². The van der Waals surface area contributed by atoms with Crippen LogP contribution >= 0.6 is 0 Å². The van der Waals surface area contributed by atoms with Crippen molar-refractivity contribution in [1.29, 1.82) is 0 Å². The summed E-state index contributed by atoms with van der Waals surface area (Å²) in [5, 5.41) is 0.964. The van der Waals surface area contributed by atoms with Gasteiger partial charge < -0.3 is 0 Å². The predicted octanol–water partition coefficient (Wildman–Crippen LogP) is 10.1. The van der Waals surface area contributed by atoms with Gasteiger partial charge >= 0.3 is 0 Å². The molecular formula is C47H29B5N2. The molecule has 10 radical (unpaired) electrons. The summed E-state index contributed by atoms with van der Waals surface area (Å²) in [6, 6.07) is 61.3. The first kappa shape index (κ1) is 33.9. The molecule has 7 heteroatoms. The third-order valence-electron chi connectivity index (χ3n) is 10.5. The summed E-state index contributed by atoms with van der Waals surface area (Å²) in [7, 11) is 31.6. The Bertz CT molecular complexity index is 2820. The van der Waals surface area contributed by atoms with Gasteiger partial charge in [0.1, 0.15) is 5.82 Å². The Morgan fingerprint density at radius 2 is 0.907 bits per heavy atom. The van der Waals surface area contributed by atoms with E-state index < -0.39 is 10.3 Å². The van der Waals surface area contributed by atoms with E-state index in [2.05, 4.69) is 133 Å². The fourth-order valence-corrected chi connectivity index (χ4v) is 7.69. The molecule has 0 amide bonds. The fourth-order valence-electron chi connectivity index (χ4n) is 7.69. The minimum atomic E-state index is -1.95. The molecule has 0 saturated heterocycles. The van der Waals surface area contributed by atoms with E-state index in [0.717, 1.165) is 27.9 Å². The van der Waals surface area contributed by atoms with Crippen LogP contribution in [-0.4, -0.2) is 48.8 Å². The van der Waals surface area contributed by atoms with Gasteiger partial charge in [-0.15, -0.1) is 5.11 Å². The minimum absolute atomic E-state index is 0.256. The lowest BCUT2D eigenvalue weighted by atomic mass is 9.23. The second-order valence-electron chi connectivity index (χ2n) is 13.9. The average Bonchev–Trinajstić information content (AvgIpc) is 3.60. The molecule has 1 heterocycles. The van der Waals surface area contributed by atoms with Gasteiger partial charge in [0.15, 0.2) is 0 Å². The monoisotopic (exact) mass is 676 g/mol. The van der Waals surface area contributed by atoms with E-state index >= 15 is 0 Å². The second kappa shape index (κ2) is 13.2. The van der Waals surface area contributed by atoms with Gasteiger partial charge in [-0.05, 0) is 84.8 Å². The number of nitrogens with zero attached hydrogens (tertiary/aromatic N) is 2. The van der Waals surface area contributed by atoms with Crippen LogP contribution in [0, 0.1) is 0 Å². The van der Waals surface area contributed by atoms with Crippen molar-refractivity contribution in [2.24, 2.45) is 0 Å². The number of imidazole rings is 1. The molecule has 0 spiro atoms. The molecule has 54 heavy (non-hydrogen) atoms. The molecule has 1 aromatic heterocycles. The van der Waals surface area contributed by atoms with Crippen LogP contribution in [0.3, 0.4) is 0 Å². The first-order chi connectivity index (χ1) is 26.2. The smallest absolute Gasteiger partial charge is 0.101 e. The maximum Gasteiger partial charge on any atom is 0.101 e. The molecule has 0 fully saturated rings. The largest absolute Gasteiger partial charge is 0.296 e. The Labute approximate surface area is 322 Å². The second-order valence-corrected chi connectivity index (χ2v) is 13.9. The van der Waals surface area contributed by atoms with Gasteiger partial charge in [-0.25, -0.2) is 4.98 Å². The lowest BCUT2D eigenvalue weighted by molar-refractivity contribution is 0.757. The van der Waals surface area contributed by atoms with Gasteiger partial charge in [0.05, 0.1) is 56.0 Å². The molecule has 9 rings (SSSR count). The molecule has 8 aromatic carbocycles. The topological polar surface area (TPSA) is 17.8 Å². The fraction of sp³-hybridized carbons (Fsp3) is 0.0426. The molecule has 0 aliphatic rings. The van der Waals surface area contributed by atoms with Crippen molar-refractivity contribution >= 4 is 71.8 Å². The van der Waals surface area contributed by atoms with Crippen molar-refractivity contribution in [3.63, 3.8) is 0 Å². The number of fused-ring (bicyclic) bond motifs is 3. The molecule has 242 valence electrons. The molecular weight excluding hydrogens is 647 g/mol. The van der Waals surface area contributed by atoms with Gasteiger partial charge in [0.2, 0.25) is 0 Å². The van der Waals surface area contributed by atoms with E-state index in [1.54, 1.807) is 0 Å². The summed E-state index contributed by atoms with van der Waals surface area (Å²) in [6.07, 6.45) is 0. The van der Waals surface area contributed by atoms with Gasteiger partial charge in [0.25, 0.3) is 0 Å². The average molecular weight is 676 g/mol. The highest BCUT2D eigenvalue weighted by Gasteiger charge is 2.37. The van der Waals surface area contributed by atoms with E-state index in [9.17, 15) is 0 Å². The van der Waals surface area contributed by atoms with Crippen molar-refractivity contribution in [3.8, 4) is 50.2 Å². The Balaban J connectivity index is 1.24. The minimum Gasteiger partial charge on any atom is -0.296 e. The molecule has 0 atom stereocenters. The van der Waals surface area contributed by atoms with E-state index in [1.165, 1.54) is 49.4 Å². The normalized spacial score (nSPS) is 12.1. The Morgan fingerprint density at radius 3 is 1.59 bits per heavy atom. The van der Waals surface area contributed by atoms with E-state index in [0.29, 0.717) is 5.52 Å². The maximum absolute atomic E-state index is 6.59. The first-order valence-corrected chi connectivity index (χ1v) is 17.9. The highest BCUT2D eigenvalue weighted by atomic mass is 15.1. The van der Waals surface area contributed by atoms with Gasteiger partial charge in [-0.3, -0.25) is 4.57 Å². The zero-order chi connectivity index (χ0) is 37.0. The molecule has 0 saturated carbocycles. The van der Waals surface area contributed by atoms with E-state index in [-0.39, 0.29) is 5.82 Å². The summed E-state index contributed by atoms with van der Waals surface area (Å²) in [5.74, 6) is 0.256. The molecule has 0 unspecified atom stereocenters. The SMILES string of the molecule is [B]C([B])([B])C([B])([B])c1nc2ccccc2n1-c1ccccc1-c1ccc(-c2c3ccccc3c(-c3ccccc3)c3cc(-c4ccccc4)ccc23)cc1. The van der Waals surface area contributed by atoms with Crippen LogP contribution < -0.4 is 0 Å². The third kappa shape index (κ3) is 5.62. The zero-order valence-electron chi connectivity index (χ0n) is 29.5. The highest BCUT2D eigenvalue weighted by molar-refractivity contribution is 6.67. The number of rotatable bonds is 7. The molecule has 0 aliphatic heterocycles. The molecule has 9 aromatic rings. The predicted molar refractivity (Wildman–Crippen MR) is 231 cm³/mol. The first-order valence-electron chi connectivity index (χ1n) is 17.9. The summed E-state index contributed by atoms with van der Waals surface area (Å²) < 4.78 is 1.91. The molecule has 2 nitrogen and oxygen atoms in total. The quantitative estimate of drug-likeness (QED) is 0.121. The number of hydrogen-bond acceptors (Lipinski definition) is 1. The number of hydrogen-bond donors (Lipinski definition) is 0. The van der Waals surface area contributed by atoms with Gasteiger partial charge in [0, 0.05) is 5.56 Å². The summed E-state index contributed by atoms with van der Waals surface area (Å²) >= 11 is 0. The van der Waals surface area contributed by atoms with Crippen LogP contribution in [0.1, 0.15) is 5.82 Å². The lowest BCUT2D eigenvalue weighted by Gasteiger charge is -2.41. The van der Waals surface area contributed by atoms with Crippen LogP contribution in [-0.2, 0) is 5.21 Å². The molecule has 0 aliphatic carbocycles. The molecule has 0 bridgehead atoms. The van der Waals surface area contributed by atoms with Crippen molar-refractivity contribution < 1.29 is 0 Å². The third-order valence-corrected chi connectivity index (χ3v) is 10.5. The highest BCUT2D eigenvalue weighted by Crippen LogP contribution is 2.46. The van der Waals surface area contributed by atoms with Crippen LogP contribution in [0.2, 0.25) is 5.11 Å². The Hall–Kier alpha value is -5.93. The van der Waals surface area contributed by atoms with E-state index in [1.807, 2.05) is 47.0 Å². The van der Waals surface area contributed by atoms with Crippen molar-refractivity contribution in [2.75, 3.05) is 0 Å². The summed E-state index contributed by atoms with van der Waals surface area (Å²) in [4.78, 5) is 4.80. The van der Waals surface area contributed by atoms with Crippen LogP contribution in [0.4, 0.5) is 0 Å². The van der Waals surface area contributed by atoms with Crippen LogP contribution in [0.5, 0.6) is 0 Å². The number of benzene rings is 8. The van der Waals surface area contributed by atoms with Crippen LogP contribution in [0.15, 0.2) is 176 Å². The molecule has 0 N–H and O–H groups in total. The van der Waals surface area contributed by atoms with Crippen molar-refractivity contribution in [1.82, 2.24) is 9.55 Å². The summed E-state index contributed by atoms with van der Waals surface area (Å²) in [5.41, 5.74) is 11.3. The zero-order valence-corrected chi connectivity index (χ0v) is 29.5. The van der Waals surface area contributed by atoms with Crippen molar-refractivity contribution in [3.05, 3.63) is 182 Å². The van der Waals surface area contributed by atoms with Crippen LogP contribution in [0.25, 0.3) is 82.8 Å².